The topological polar surface area (TPSA) is 48.5 Å². The van der Waals surface area contributed by atoms with E-state index < -0.39 is 0 Å². The molecule has 0 unspecified atom stereocenters. The largest absolute Gasteiger partial charge is 0.352 e. The summed E-state index contributed by atoms with van der Waals surface area (Å²) in [7, 11) is 4.13. The third kappa shape index (κ3) is 5.88. The van der Waals surface area contributed by atoms with Crippen molar-refractivity contribution < 1.29 is 4.79 Å². The number of nitrogens with zero attached hydrogens (tertiary/aromatic N) is 3. The first-order valence-corrected chi connectivity index (χ1v) is 9.72. The Bertz CT molecular complexity index is 724. The van der Waals surface area contributed by atoms with Crippen molar-refractivity contribution in [2.45, 2.75) is 32.5 Å². The van der Waals surface area contributed by atoms with Crippen molar-refractivity contribution in [3.8, 4) is 0 Å². The second kappa shape index (κ2) is 9.62. The Labute approximate surface area is 162 Å². The van der Waals surface area contributed by atoms with E-state index in [0.29, 0.717) is 6.54 Å². The molecule has 0 bridgehead atoms. The van der Waals surface area contributed by atoms with Crippen LogP contribution in [0.5, 0.6) is 0 Å². The first kappa shape index (κ1) is 19.5. The van der Waals surface area contributed by atoms with Crippen LogP contribution in [0.4, 0.5) is 0 Å². The number of carbonyl (C=O) groups excluding carboxylic acids is 1. The number of hydrogen-bond acceptors (Lipinski definition) is 4. The Morgan fingerprint density at radius 3 is 2.44 bits per heavy atom. The zero-order valence-corrected chi connectivity index (χ0v) is 16.4. The summed E-state index contributed by atoms with van der Waals surface area (Å²) in [6, 6.07) is 12.5. The van der Waals surface area contributed by atoms with Gasteiger partial charge in [-0.25, -0.2) is 0 Å². The number of amides is 1. The van der Waals surface area contributed by atoms with E-state index in [0.717, 1.165) is 39.0 Å². The van der Waals surface area contributed by atoms with Crippen molar-refractivity contribution in [1.82, 2.24) is 20.1 Å². The Morgan fingerprint density at radius 2 is 1.78 bits per heavy atom. The van der Waals surface area contributed by atoms with Crippen molar-refractivity contribution in [2.75, 3.05) is 27.2 Å². The summed E-state index contributed by atoms with van der Waals surface area (Å²) in [6.45, 7) is 4.38. The van der Waals surface area contributed by atoms with Gasteiger partial charge in [0.25, 0.3) is 0 Å². The van der Waals surface area contributed by atoms with E-state index in [-0.39, 0.29) is 11.8 Å². The van der Waals surface area contributed by atoms with Crippen LogP contribution in [0.3, 0.4) is 0 Å². The van der Waals surface area contributed by atoms with Gasteiger partial charge in [-0.1, -0.05) is 24.3 Å². The van der Waals surface area contributed by atoms with Crippen molar-refractivity contribution in [3.05, 3.63) is 65.5 Å². The molecular weight excluding hydrogens is 336 g/mol. The molecule has 2 aromatic rings. The molecule has 1 saturated heterocycles. The van der Waals surface area contributed by atoms with E-state index >= 15 is 0 Å². The lowest BCUT2D eigenvalue weighted by molar-refractivity contribution is -0.126. The molecule has 5 heteroatoms. The number of piperidine rings is 1. The van der Waals surface area contributed by atoms with Crippen molar-refractivity contribution >= 4 is 5.91 Å². The lowest BCUT2D eigenvalue weighted by Gasteiger charge is -2.31. The Balaban J connectivity index is 1.46. The number of rotatable bonds is 7. The minimum Gasteiger partial charge on any atom is -0.352 e. The van der Waals surface area contributed by atoms with E-state index in [1.165, 1.54) is 16.7 Å². The first-order valence-electron chi connectivity index (χ1n) is 9.72. The van der Waals surface area contributed by atoms with Crippen LogP contribution in [0.15, 0.2) is 48.8 Å². The zero-order valence-electron chi connectivity index (χ0n) is 16.4. The summed E-state index contributed by atoms with van der Waals surface area (Å²) in [5.41, 5.74) is 3.76. The molecule has 0 radical (unpaired) electrons. The van der Waals surface area contributed by atoms with Gasteiger partial charge in [0.2, 0.25) is 5.91 Å². The average Bonchev–Trinajstić information content (AvgIpc) is 2.68. The molecular formula is C22H30N4O. The summed E-state index contributed by atoms with van der Waals surface area (Å²) in [5, 5.41) is 3.16. The van der Waals surface area contributed by atoms with Gasteiger partial charge in [0.1, 0.15) is 0 Å². The number of benzene rings is 1. The highest BCUT2D eigenvalue weighted by Crippen LogP contribution is 2.19. The van der Waals surface area contributed by atoms with Crippen molar-refractivity contribution in [2.24, 2.45) is 5.92 Å². The second-order valence-electron chi connectivity index (χ2n) is 7.63. The Kier molecular flexibility index (Phi) is 6.96. The van der Waals surface area contributed by atoms with Crippen LogP contribution in [0, 0.1) is 5.92 Å². The molecule has 1 fully saturated rings. The Hall–Kier alpha value is -2.24. The molecule has 2 heterocycles. The minimum absolute atomic E-state index is 0.125. The maximum atomic E-state index is 12.6. The lowest BCUT2D eigenvalue weighted by Crippen LogP contribution is -2.40. The lowest BCUT2D eigenvalue weighted by atomic mass is 9.95. The fourth-order valence-corrected chi connectivity index (χ4v) is 3.65. The van der Waals surface area contributed by atoms with Gasteiger partial charge < -0.3 is 10.2 Å². The number of carbonyl (C=O) groups is 1. The molecule has 0 spiro atoms. The van der Waals surface area contributed by atoms with E-state index in [9.17, 15) is 4.79 Å². The summed E-state index contributed by atoms with van der Waals surface area (Å²) in [5.74, 6) is 0.318. The van der Waals surface area contributed by atoms with Crippen molar-refractivity contribution in [3.63, 3.8) is 0 Å². The summed E-state index contributed by atoms with van der Waals surface area (Å²) in [6.07, 6.45) is 5.53. The van der Waals surface area contributed by atoms with Gasteiger partial charge in [-0.15, -0.1) is 0 Å². The normalized spacial score (nSPS) is 15.8. The molecule has 1 aromatic carbocycles. The highest BCUT2D eigenvalue weighted by atomic mass is 16.1. The van der Waals surface area contributed by atoms with E-state index in [2.05, 4.69) is 64.5 Å². The molecule has 27 heavy (non-hydrogen) atoms. The molecule has 144 valence electrons. The van der Waals surface area contributed by atoms with E-state index in [1.807, 2.05) is 18.5 Å². The molecule has 1 aliphatic heterocycles. The van der Waals surface area contributed by atoms with Gasteiger partial charge in [-0.05, 0) is 68.8 Å². The number of nitrogens with one attached hydrogen (secondary N) is 1. The van der Waals surface area contributed by atoms with Crippen molar-refractivity contribution in [1.29, 1.82) is 0 Å². The quantitative estimate of drug-likeness (QED) is 0.818. The SMILES string of the molecule is CN(C)Cc1ccccc1CNC(=O)C1CCN(Cc2ccncc2)CC1. The fourth-order valence-electron chi connectivity index (χ4n) is 3.65. The smallest absolute Gasteiger partial charge is 0.223 e. The third-order valence-corrected chi connectivity index (χ3v) is 5.17. The average molecular weight is 367 g/mol. The number of hydrogen-bond donors (Lipinski definition) is 1. The molecule has 1 amide bonds. The molecule has 1 N–H and O–H groups in total. The number of aromatic nitrogens is 1. The van der Waals surface area contributed by atoms with Gasteiger partial charge in [0.05, 0.1) is 0 Å². The fraction of sp³-hybridized carbons (Fsp3) is 0.455. The molecule has 0 aliphatic carbocycles. The monoisotopic (exact) mass is 366 g/mol. The predicted octanol–water partition coefficient (Wildman–Crippen LogP) is 2.67. The molecule has 1 aromatic heterocycles. The van der Waals surface area contributed by atoms with Gasteiger partial charge in [-0.2, -0.15) is 0 Å². The van der Waals surface area contributed by atoms with Gasteiger partial charge in [-0.3, -0.25) is 14.7 Å². The van der Waals surface area contributed by atoms with Crippen LogP contribution in [0.2, 0.25) is 0 Å². The second-order valence-corrected chi connectivity index (χ2v) is 7.63. The molecule has 0 saturated carbocycles. The van der Waals surface area contributed by atoms with Crippen LogP contribution >= 0.6 is 0 Å². The standard InChI is InChI=1S/C22H30N4O/c1-25(2)17-21-6-4-3-5-20(21)15-24-22(27)19-9-13-26(14-10-19)16-18-7-11-23-12-8-18/h3-8,11-12,19H,9-10,13-17H2,1-2H3,(H,24,27). The van der Waals surface area contributed by atoms with Gasteiger partial charge in [0.15, 0.2) is 0 Å². The van der Waals surface area contributed by atoms with Crippen LogP contribution in [-0.2, 0) is 24.4 Å². The maximum absolute atomic E-state index is 12.6. The van der Waals surface area contributed by atoms with Crippen LogP contribution in [0.25, 0.3) is 0 Å². The van der Waals surface area contributed by atoms with Crippen LogP contribution in [-0.4, -0.2) is 47.9 Å². The molecule has 5 nitrogen and oxygen atoms in total. The first-order chi connectivity index (χ1) is 13.1. The highest BCUT2D eigenvalue weighted by molar-refractivity contribution is 5.78. The highest BCUT2D eigenvalue weighted by Gasteiger charge is 2.24. The zero-order chi connectivity index (χ0) is 19.1. The summed E-state index contributed by atoms with van der Waals surface area (Å²) >= 11 is 0. The summed E-state index contributed by atoms with van der Waals surface area (Å²) < 4.78 is 0. The number of likely N-dealkylation sites (tertiary alicyclic amines) is 1. The maximum Gasteiger partial charge on any atom is 0.223 e. The van der Waals surface area contributed by atoms with Crippen LogP contribution in [0.1, 0.15) is 29.5 Å². The van der Waals surface area contributed by atoms with E-state index in [4.69, 9.17) is 0 Å². The van der Waals surface area contributed by atoms with Gasteiger partial charge >= 0.3 is 0 Å². The Morgan fingerprint density at radius 1 is 1.11 bits per heavy atom. The minimum atomic E-state index is 0.125. The third-order valence-electron chi connectivity index (χ3n) is 5.17. The van der Waals surface area contributed by atoms with Crippen LogP contribution < -0.4 is 5.32 Å². The molecule has 3 rings (SSSR count). The summed E-state index contributed by atoms with van der Waals surface area (Å²) in [4.78, 5) is 21.3. The molecule has 0 atom stereocenters. The number of pyridine rings is 1. The predicted molar refractivity (Wildman–Crippen MR) is 108 cm³/mol. The van der Waals surface area contributed by atoms with E-state index in [1.54, 1.807) is 0 Å². The molecule has 1 aliphatic rings. The van der Waals surface area contributed by atoms with Gasteiger partial charge in [0, 0.05) is 37.9 Å².